The smallest absolute Gasteiger partial charge is 0.0495 e. The van der Waals surface area contributed by atoms with Gasteiger partial charge in [0.2, 0.25) is 0 Å². The van der Waals surface area contributed by atoms with Crippen molar-refractivity contribution in [2.75, 3.05) is 0 Å². The molecule has 0 amide bonds. The van der Waals surface area contributed by atoms with Gasteiger partial charge in [-0.1, -0.05) is 6.08 Å². The zero-order valence-electron chi connectivity index (χ0n) is 5.07. The van der Waals surface area contributed by atoms with E-state index in [1.807, 2.05) is 0 Å². The highest BCUT2D eigenvalue weighted by Crippen LogP contribution is 1.70. The van der Waals surface area contributed by atoms with Gasteiger partial charge in [0.25, 0.3) is 0 Å². The topological polar surface area (TPSA) is 50.7 Å². The maximum Gasteiger partial charge on any atom is 0.0495 e. The molecule has 0 fully saturated rings. The molecule has 0 radical (unpaired) electrons. The summed E-state index contributed by atoms with van der Waals surface area (Å²) < 4.78 is 0. The summed E-state index contributed by atoms with van der Waals surface area (Å²) >= 11 is 0. The summed E-state index contributed by atoms with van der Waals surface area (Å²) in [4.78, 5) is 0. The fourth-order valence-corrected chi connectivity index (χ4v) is 0.264. The Labute approximate surface area is 54.3 Å². The summed E-state index contributed by atoms with van der Waals surface area (Å²) in [5.74, 6) is 0. The highest BCUT2D eigenvalue weighted by molar-refractivity contribution is 5.71. The molecule has 0 aliphatic carbocycles. The van der Waals surface area contributed by atoms with E-state index in [0.717, 1.165) is 0 Å². The van der Waals surface area contributed by atoms with Crippen molar-refractivity contribution in [1.82, 2.24) is 0 Å². The molecule has 0 saturated heterocycles. The molecule has 0 rings (SSSR count). The van der Waals surface area contributed by atoms with Gasteiger partial charge in [-0.15, -0.1) is 0 Å². The number of nitrogens with two attached hydrogens (primary N) is 1. The number of hydrogen-bond acceptors (Lipinski definition) is 3. The second-order valence-electron chi connectivity index (χ2n) is 1.18. The van der Waals surface area contributed by atoms with E-state index in [1.165, 1.54) is 12.4 Å². The fourth-order valence-electron chi connectivity index (χ4n) is 0.264. The molecule has 9 heavy (non-hydrogen) atoms. The summed E-state index contributed by atoms with van der Waals surface area (Å²) in [6, 6.07) is 0. The van der Waals surface area contributed by atoms with Crippen molar-refractivity contribution in [1.29, 1.82) is 0 Å². The van der Waals surface area contributed by atoms with Gasteiger partial charge in [-0.2, -0.15) is 10.2 Å². The molecule has 0 aromatic heterocycles. The molecule has 0 heterocycles. The summed E-state index contributed by atoms with van der Waals surface area (Å²) in [6.45, 7) is 3.15. The first-order valence-electron chi connectivity index (χ1n) is 2.44. The second-order valence-corrected chi connectivity index (χ2v) is 1.18. The van der Waals surface area contributed by atoms with Crippen LogP contribution in [0, 0.1) is 0 Å². The van der Waals surface area contributed by atoms with E-state index >= 15 is 0 Å². The van der Waals surface area contributed by atoms with Crippen LogP contribution in [0.2, 0.25) is 0 Å². The minimum Gasteiger partial charge on any atom is -0.405 e. The summed E-state index contributed by atoms with van der Waals surface area (Å²) in [5, 5.41) is 6.72. The average molecular weight is 123 g/mol. The molecule has 0 aliphatic rings. The van der Waals surface area contributed by atoms with Crippen LogP contribution in [0.25, 0.3) is 0 Å². The zero-order chi connectivity index (χ0) is 6.95. The van der Waals surface area contributed by atoms with Crippen molar-refractivity contribution in [2.45, 2.75) is 0 Å². The summed E-state index contributed by atoms with van der Waals surface area (Å²) in [7, 11) is 0. The van der Waals surface area contributed by atoms with E-state index in [9.17, 15) is 0 Å². The molecule has 3 nitrogen and oxygen atoms in total. The SMILES string of the molecule is C=N/N=C/C=C/C=C/N. The van der Waals surface area contributed by atoms with Crippen LogP contribution in [-0.2, 0) is 0 Å². The lowest BCUT2D eigenvalue weighted by atomic mass is 10.5. The molecule has 0 aromatic carbocycles. The first-order valence-corrected chi connectivity index (χ1v) is 2.44. The van der Waals surface area contributed by atoms with Crippen LogP contribution in [0.4, 0.5) is 0 Å². The van der Waals surface area contributed by atoms with Crippen molar-refractivity contribution in [3.8, 4) is 0 Å². The quantitative estimate of drug-likeness (QED) is 0.335. The number of nitrogens with zero attached hydrogens (tertiary/aromatic N) is 2. The molecule has 48 valence electrons. The van der Waals surface area contributed by atoms with Gasteiger partial charge in [0.15, 0.2) is 0 Å². The van der Waals surface area contributed by atoms with Crippen LogP contribution in [0.5, 0.6) is 0 Å². The van der Waals surface area contributed by atoms with Crippen LogP contribution in [-0.4, -0.2) is 12.9 Å². The fraction of sp³-hybridized carbons (Fsp3) is 0. The Morgan fingerprint density at radius 1 is 1.22 bits per heavy atom. The molecule has 0 unspecified atom stereocenters. The van der Waals surface area contributed by atoms with Gasteiger partial charge in [-0.25, -0.2) is 0 Å². The van der Waals surface area contributed by atoms with Gasteiger partial charge >= 0.3 is 0 Å². The highest BCUT2D eigenvalue weighted by atomic mass is 15.2. The standard InChI is InChI=1S/C6H9N3/c1-8-9-6-4-2-3-5-7/h2-6H,1,7H2/b4-2+,5-3+,9-6+. The zero-order valence-corrected chi connectivity index (χ0v) is 5.07. The van der Waals surface area contributed by atoms with E-state index < -0.39 is 0 Å². The van der Waals surface area contributed by atoms with Gasteiger partial charge < -0.3 is 5.73 Å². The molecule has 0 saturated carbocycles. The Bertz CT molecular complexity index is 144. The lowest BCUT2D eigenvalue weighted by molar-refractivity contribution is 1.28. The van der Waals surface area contributed by atoms with Crippen molar-refractivity contribution < 1.29 is 0 Å². The van der Waals surface area contributed by atoms with Gasteiger partial charge in [-0.3, -0.25) is 0 Å². The molecule has 0 aromatic rings. The molecular formula is C6H9N3. The molecular weight excluding hydrogens is 114 g/mol. The Morgan fingerprint density at radius 2 is 2.00 bits per heavy atom. The van der Waals surface area contributed by atoms with E-state index in [-0.39, 0.29) is 0 Å². The van der Waals surface area contributed by atoms with Crippen LogP contribution < -0.4 is 5.73 Å². The van der Waals surface area contributed by atoms with Crippen LogP contribution in [0.15, 0.2) is 34.6 Å². The highest BCUT2D eigenvalue weighted by Gasteiger charge is 1.58. The average Bonchev–Trinajstić information content (AvgIpc) is 1.89. The van der Waals surface area contributed by atoms with Gasteiger partial charge in [0.1, 0.15) is 0 Å². The normalized spacial score (nSPS) is 12.0. The largest absolute Gasteiger partial charge is 0.405 e. The van der Waals surface area contributed by atoms with Crippen LogP contribution >= 0.6 is 0 Å². The van der Waals surface area contributed by atoms with E-state index in [0.29, 0.717) is 0 Å². The number of allylic oxidation sites excluding steroid dienone is 3. The number of rotatable bonds is 3. The van der Waals surface area contributed by atoms with E-state index in [4.69, 9.17) is 5.73 Å². The second kappa shape index (κ2) is 6.62. The Kier molecular flexibility index (Phi) is 5.60. The third-order valence-electron chi connectivity index (χ3n) is 0.568. The van der Waals surface area contributed by atoms with Crippen LogP contribution in [0.1, 0.15) is 0 Å². The van der Waals surface area contributed by atoms with Gasteiger partial charge in [-0.05, 0) is 18.4 Å². The molecule has 2 N–H and O–H groups in total. The van der Waals surface area contributed by atoms with Crippen molar-refractivity contribution >= 4 is 12.9 Å². The lowest BCUT2D eigenvalue weighted by Crippen LogP contribution is -1.72. The van der Waals surface area contributed by atoms with Gasteiger partial charge in [0, 0.05) is 12.9 Å². The minimum atomic E-state index is 1.44. The van der Waals surface area contributed by atoms with E-state index in [2.05, 4.69) is 16.9 Å². The third-order valence-corrected chi connectivity index (χ3v) is 0.568. The number of hydrogen-bond donors (Lipinski definition) is 1. The predicted molar refractivity (Wildman–Crippen MR) is 40.5 cm³/mol. The maximum atomic E-state index is 5.03. The first kappa shape index (κ1) is 7.62. The Morgan fingerprint density at radius 3 is 2.56 bits per heavy atom. The minimum absolute atomic E-state index is 1.44. The molecule has 0 aliphatic heterocycles. The Hall–Kier alpha value is -1.38. The monoisotopic (exact) mass is 123 g/mol. The molecule has 3 heteroatoms. The summed E-state index contributed by atoms with van der Waals surface area (Å²) in [6.07, 6.45) is 8.10. The predicted octanol–water partition coefficient (Wildman–Crippen LogP) is 0.701. The molecule has 0 spiro atoms. The van der Waals surface area contributed by atoms with Crippen molar-refractivity contribution in [2.24, 2.45) is 15.9 Å². The third kappa shape index (κ3) is 6.62. The van der Waals surface area contributed by atoms with Gasteiger partial charge in [0.05, 0.1) is 0 Å². The van der Waals surface area contributed by atoms with E-state index in [1.54, 1.807) is 18.2 Å². The Balaban J connectivity index is 3.46. The lowest BCUT2D eigenvalue weighted by Gasteiger charge is -1.69. The van der Waals surface area contributed by atoms with Crippen molar-refractivity contribution in [3.05, 3.63) is 24.4 Å². The molecule has 0 atom stereocenters. The molecule has 0 bridgehead atoms. The van der Waals surface area contributed by atoms with Crippen molar-refractivity contribution in [3.63, 3.8) is 0 Å². The maximum absolute atomic E-state index is 5.03. The first-order chi connectivity index (χ1) is 4.41. The summed E-state index contributed by atoms with van der Waals surface area (Å²) in [5.41, 5.74) is 5.03. The van der Waals surface area contributed by atoms with Crippen LogP contribution in [0.3, 0.4) is 0 Å².